The first-order valence-corrected chi connectivity index (χ1v) is 11.7. The predicted octanol–water partition coefficient (Wildman–Crippen LogP) is 4.21. The van der Waals surface area contributed by atoms with Crippen LogP contribution in [0.3, 0.4) is 0 Å². The van der Waals surface area contributed by atoms with Crippen molar-refractivity contribution in [3.05, 3.63) is 95.6 Å². The number of carbonyl (C=O) groups excluding carboxylic acids is 3. The number of para-hydroxylation sites is 1. The van der Waals surface area contributed by atoms with E-state index in [-0.39, 0.29) is 24.1 Å². The van der Waals surface area contributed by atoms with Crippen LogP contribution >= 0.6 is 0 Å². The van der Waals surface area contributed by atoms with Crippen LogP contribution < -0.4 is 15.5 Å². The van der Waals surface area contributed by atoms with Gasteiger partial charge in [0.15, 0.2) is 0 Å². The Morgan fingerprint density at radius 3 is 2.35 bits per heavy atom. The van der Waals surface area contributed by atoms with Crippen molar-refractivity contribution in [3.63, 3.8) is 0 Å². The van der Waals surface area contributed by atoms with Crippen LogP contribution in [-0.2, 0) is 22.4 Å². The maximum atomic E-state index is 13.0. The van der Waals surface area contributed by atoms with Crippen molar-refractivity contribution in [2.45, 2.75) is 26.2 Å². The van der Waals surface area contributed by atoms with Gasteiger partial charge in [0.2, 0.25) is 11.8 Å². The summed E-state index contributed by atoms with van der Waals surface area (Å²) < 4.78 is 0. The molecule has 0 spiro atoms. The Kier molecular flexibility index (Phi) is 7.38. The summed E-state index contributed by atoms with van der Waals surface area (Å²) in [5.74, 6) is -1.05. The molecule has 6 nitrogen and oxygen atoms in total. The molecule has 0 bridgehead atoms. The van der Waals surface area contributed by atoms with E-state index in [2.05, 4.69) is 17.6 Å². The number of hydrogen-bond donors (Lipinski definition) is 2. The van der Waals surface area contributed by atoms with E-state index in [1.807, 2.05) is 54.6 Å². The van der Waals surface area contributed by atoms with Crippen LogP contribution in [0.5, 0.6) is 0 Å². The zero-order chi connectivity index (χ0) is 23.9. The molecule has 6 heteroatoms. The molecule has 3 aromatic carbocycles. The predicted molar refractivity (Wildman–Crippen MR) is 134 cm³/mol. The maximum absolute atomic E-state index is 13.0. The van der Waals surface area contributed by atoms with E-state index in [1.165, 1.54) is 5.56 Å². The van der Waals surface area contributed by atoms with Crippen LogP contribution in [0.1, 0.15) is 34.8 Å². The van der Waals surface area contributed by atoms with E-state index < -0.39 is 5.92 Å². The number of aryl methyl sites for hydroxylation is 1. The van der Waals surface area contributed by atoms with Gasteiger partial charge in [-0.05, 0) is 48.2 Å². The van der Waals surface area contributed by atoms with Crippen LogP contribution in [0.15, 0.2) is 78.9 Å². The molecule has 0 radical (unpaired) electrons. The quantitative estimate of drug-likeness (QED) is 0.534. The van der Waals surface area contributed by atoms with Gasteiger partial charge in [0, 0.05) is 25.2 Å². The molecule has 34 heavy (non-hydrogen) atoms. The van der Waals surface area contributed by atoms with Gasteiger partial charge >= 0.3 is 0 Å². The number of rotatable bonds is 8. The second kappa shape index (κ2) is 10.8. The molecule has 4 rings (SSSR count). The van der Waals surface area contributed by atoms with Gasteiger partial charge in [-0.25, -0.2) is 0 Å². The van der Waals surface area contributed by atoms with Crippen LogP contribution in [0.4, 0.5) is 11.4 Å². The number of amides is 3. The molecule has 0 saturated carbocycles. The fraction of sp³-hybridized carbons (Fsp3) is 0.250. The van der Waals surface area contributed by atoms with Crippen molar-refractivity contribution in [3.8, 4) is 0 Å². The normalized spacial score (nSPS) is 15.3. The lowest BCUT2D eigenvalue weighted by atomic mass is 10.1. The van der Waals surface area contributed by atoms with Gasteiger partial charge in [-0.3, -0.25) is 14.4 Å². The molecule has 1 heterocycles. The van der Waals surface area contributed by atoms with Gasteiger partial charge in [0.25, 0.3) is 5.91 Å². The lowest BCUT2D eigenvalue weighted by Crippen LogP contribution is -2.30. The molecule has 1 saturated heterocycles. The molecule has 3 aromatic rings. The van der Waals surface area contributed by atoms with Gasteiger partial charge in [0.05, 0.1) is 17.2 Å². The smallest absolute Gasteiger partial charge is 0.253 e. The molecule has 0 aromatic heterocycles. The molecule has 1 atom stereocenters. The monoisotopic (exact) mass is 455 g/mol. The lowest BCUT2D eigenvalue weighted by Gasteiger charge is -2.17. The molecule has 174 valence electrons. The van der Waals surface area contributed by atoms with Gasteiger partial charge in [-0.2, -0.15) is 0 Å². The number of anilines is 2. The Balaban J connectivity index is 1.37. The summed E-state index contributed by atoms with van der Waals surface area (Å²) in [6.07, 6.45) is 1.80. The van der Waals surface area contributed by atoms with Crippen LogP contribution in [-0.4, -0.2) is 30.8 Å². The first kappa shape index (κ1) is 23.2. The van der Waals surface area contributed by atoms with Crippen molar-refractivity contribution in [2.24, 2.45) is 5.92 Å². The Hall–Kier alpha value is -3.93. The first-order valence-electron chi connectivity index (χ1n) is 11.7. The molecule has 0 unspecified atom stereocenters. The van der Waals surface area contributed by atoms with E-state index in [0.717, 1.165) is 24.1 Å². The zero-order valence-corrected chi connectivity index (χ0v) is 19.3. The molecule has 1 fully saturated rings. The second-order valence-corrected chi connectivity index (χ2v) is 8.45. The molecule has 2 N–H and O–H groups in total. The molecule has 1 aliphatic rings. The van der Waals surface area contributed by atoms with Gasteiger partial charge in [-0.15, -0.1) is 0 Å². The Labute approximate surface area is 200 Å². The molecule has 0 aliphatic carbocycles. The summed E-state index contributed by atoms with van der Waals surface area (Å²) >= 11 is 0. The lowest BCUT2D eigenvalue weighted by molar-refractivity contribution is -0.122. The minimum absolute atomic E-state index is 0.0728. The summed E-state index contributed by atoms with van der Waals surface area (Å²) in [5.41, 5.74) is 3.99. The maximum Gasteiger partial charge on any atom is 0.253 e. The van der Waals surface area contributed by atoms with E-state index in [1.54, 1.807) is 29.2 Å². The topological polar surface area (TPSA) is 78.5 Å². The number of carbonyl (C=O) groups is 3. The van der Waals surface area contributed by atoms with Crippen molar-refractivity contribution in [2.75, 3.05) is 23.3 Å². The van der Waals surface area contributed by atoms with E-state index in [9.17, 15) is 14.4 Å². The van der Waals surface area contributed by atoms with Gasteiger partial charge in [0.1, 0.15) is 0 Å². The highest BCUT2D eigenvalue weighted by molar-refractivity contribution is 6.07. The fourth-order valence-corrected chi connectivity index (χ4v) is 4.13. The summed E-state index contributed by atoms with van der Waals surface area (Å²) in [7, 11) is 0. The SMILES string of the molecule is CCc1ccc(N2C[C@H](C(=O)Nc3ccccc3C(=O)NCCc3ccccc3)CC2=O)cc1. The number of nitrogens with zero attached hydrogens (tertiary/aromatic N) is 1. The Morgan fingerprint density at radius 2 is 1.62 bits per heavy atom. The van der Waals surface area contributed by atoms with Crippen LogP contribution in [0.25, 0.3) is 0 Å². The largest absolute Gasteiger partial charge is 0.352 e. The third kappa shape index (κ3) is 5.52. The van der Waals surface area contributed by atoms with Crippen LogP contribution in [0.2, 0.25) is 0 Å². The number of nitrogens with one attached hydrogen (secondary N) is 2. The summed E-state index contributed by atoms with van der Waals surface area (Å²) in [5, 5.41) is 5.80. The van der Waals surface area contributed by atoms with E-state index in [4.69, 9.17) is 0 Å². The molecular weight excluding hydrogens is 426 g/mol. The molecule has 1 aliphatic heterocycles. The average molecular weight is 456 g/mol. The van der Waals surface area contributed by atoms with Gasteiger partial charge < -0.3 is 15.5 Å². The third-order valence-electron chi connectivity index (χ3n) is 6.12. The average Bonchev–Trinajstić information content (AvgIpc) is 3.26. The van der Waals surface area contributed by atoms with Crippen molar-refractivity contribution in [1.29, 1.82) is 0 Å². The van der Waals surface area contributed by atoms with Crippen molar-refractivity contribution >= 4 is 29.1 Å². The highest BCUT2D eigenvalue weighted by atomic mass is 16.2. The molecule has 3 amide bonds. The number of benzene rings is 3. The summed E-state index contributed by atoms with van der Waals surface area (Å²) in [4.78, 5) is 40.0. The first-order chi connectivity index (χ1) is 16.5. The zero-order valence-electron chi connectivity index (χ0n) is 19.3. The van der Waals surface area contributed by atoms with Crippen molar-refractivity contribution in [1.82, 2.24) is 5.32 Å². The van der Waals surface area contributed by atoms with Crippen molar-refractivity contribution < 1.29 is 14.4 Å². The minimum atomic E-state index is -0.479. The minimum Gasteiger partial charge on any atom is -0.352 e. The third-order valence-corrected chi connectivity index (χ3v) is 6.12. The standard InChI is InChI=1S/C28H29N3O3/c1-2-20-12-14-23(15-13-20)31-19-22(18-26(31)32)27(33)30-25-11-7-6-10-24(25)28(34)29-17-16-21-8-4-3-5-9-21/h3-15,22H,2,16-19H2,1H3,(H,29,34)(H,30,33)/t22-/m1/s1. The van der Waals surface area contributed by atoms with E-state index >= 15 is 0 Å². The molecular formula is C28H29N3O3. The van der Waals surface area contributed by atoms with Gasteiger partial charge in [-0.1, -0.05) is 61.5 Å². The van der Waals surface area contributed by atoms with E-state index in [0.29, 0.717) is 24.3 Å². The highest BCUT2D eigenvalue weighted by Crippen LogP contribution is 2.27. The van der Waals surface area contributed by atoms with Crippen LogP contribution in [0, 0.1) is 5.92 Å². The Bertz CT molecular complexity index is 1160. The number of hydrogen-bond acceptors (Lipinski definition) is 3. The fourth-order valence-electron chi connectivity index (χ4n) is 4.13. The summed E-state index contributed by atoms with van der Waals surface area (Å²) in [6, 6.07) is 24.7. The second-order valence-electron chi connectivity index (χ2n) is 8.45. The Morgan fingerprint density at radius 1 is 0.912 bits per heavy atom. The summed E-state index contributed by atoms with van der Waals surface area (Å²) in [6.45, 7) is 2.90. The highest BCUT2D eigenvalue weighted by Gasteiger charge is 2.35.